The van der Waals surface area contributed by atoms with Gasteiger partial charge in [0, 0.05) is 16.1 Å². The lowest BCUT2D eigenvalue weighted by molar-refractivity contribution is -0.140. The molecule has 2 aromatic heterocycles. The summed E-state index contributed by atoms with van der Waals surface area (Å²) in [5, 5.41) is 16.4. The maximum absolute atomic E-state index is 13.1. The molecule has 0 saturated heterocycles. The van der Waals surface area contributed by atoms with Crippen LogP contribution in [-0.2, 0) is 10.4 Å². The molecular weight excluding hydrogens is 408 g/mol. The van der Waals surface area contributed by atoms with Gasteiger partial charge in [0.2, 0.25) is 0 Å². The van der Waals surface area contributed by atoms with E-state index in [-0.39, 0.29) is 5.92 Å². The summed E-state index contributed by atoms with van der Waals surface area (Å²) >= 11 is 7.57. The van der Waals surface area contributed by atoms with E-state index in [1.807, 2.05) is 11.4 Å². The number of aromatic amines is 1. The zero-order valence-electron chi connectivity index (χ0n) is 15.8. The van der Waals surface area contributed by atoms with Crippen molar-refractivity contribution >= 4 is 45.6 Å². The van der Waals surface area contributed by atoms with Crippen LogP contribution in [0.25, 0.3) is 22.6 Å². The number of thiazole rings is 1. The van der Waals surface area contributed by atoms with Crippen LogP contribution in [0.1, 0.15) is 19.4 Å². The number of amides is 1. The fourth-order valence-corrected chi connectivity index (χ4v) is 3.94. The van der Waals surface area contributed by atoms with E-state index in [4.69, 9.17) is 11.6 Å². The van der Waals surface area contributed by atoms with Crippen molar-refractivity contribution < 1.29 is 9.90 Å². The molecule has 3 N–H and O–H groups in total. The summed E-state index contributed by atoms with van der Waals surface area (Å²) in [5.41, 5.74) is 3.31. The molecule has 0 saturated carbocycles. The highest BCUT2D eigenvalue weighted by molar-refractivity contribution is 7.07. The topological polar surface area (TPSA) is 90.9 Å². The van der Waals surface area contributed by atoms with E-state index in [2.05, 4.69) is 20.3 Å². The zero-order valence-corrected chi connectivity index (χ0v) is 17.4. The maximum Gasteiger partial charge on any atom is 0.261 e. The summed E-state index contributed by atoms with van der Waals surface area (Å²) in [4.78, 5) is 25.1. The molecule has 4 rings (SSSR count). The summed E-state index contributed by atoms with van der Waals surface area (Å²) in [6.07, 6.45) is 0. The number of hydrogen-bond acceptors (Lipinski definition) is 5. The zero-order chi connectivity index (χ0) is 20.6. The number of fused-ring (bicyclic) bond motifs is 1. The molecule has 6 nitrogen and oxygen atoms in total. The van der Waals surface area contributed by atoms with Gasteiger partial charge in [-0.05, 0) is 41.8 Å². The first-order valence-electron chi connectivity index (χ1n) is 9.06. The lowest BCUT2D eigenvalue weighted by atomic mass is 9.82. The van der Waals surface area contributed by atoms with Crippen molar-refractivity contribution in [2.24, 2.45) is 5.92 Å². The van der Waals surface area contributed by atoms with E-state index in [0.717, 1.165) is 11.2 Å². The Morgan fingerprint density at radius 2 is 2.10 bits per heavy atom. The number of hydrogen-bond donors (Lipinski definition) is 3. The van der Waals surface area contributed by atoms with Gasteiger partial charge in [0.1, 0.15) is 5.69 Å². The molecule has 0 aliphatic heterocycles. The average molecular weight is 427 g/mol. The van der Waals surface area contributed by atoms with Crippen molar-refractivity contribution in [3.05, 3.63) is 63.9 Å². The van der Waals surface area contributed by atoms with Gasteiger partial charge in [-0.15, -0.1) is 11.3 Å². The van der Waals surface area contributed by atoms with E-state index >= 15 is 0 Å². The largest absolute Gasteiger partial charge is 0.375 e. The molecule has 0 radical (unpaired) electrons. The Morgan fingerprint density at radius 3 is 2.79 bits per heavy atom. The molecule has 0 unspecified atom stereocenters. The lowest BCUT2D eigenvalue weighted by Crippen LogP contribution is -2.44. The number of halogens is 1. The van der Waals surface area contributed by atoms with Crippen LogP contribution in [0, 0.1) is 5.92 Å². The highest BCUT2D eigenvalue weighted by atomic mass is 35.5. The standard InChI is InChI=1S/C21H19ClN4O2S/c1-12(2)21(28,13-4-3-5-14(22)8-13)20(27)24-15-6-7-16-17(9-15)26-19(25-16)18-10-29-11-23-18/h3-12,28H,1-2H3,(H,24,27)(H,25,26)/t21-/m0/s1. The summed E-state index contributed by atoms with van der Waals surface area (Å²) in [7, 11) is 0. The summed E-state index contributed by atoms with van der Waals surface area (Å²) in [6.45, 7) is 3.58. The minimum absolute atomic E-state index is 0.369. The SMILES string of the molecule is CC(C)[C@@](O)(C(=O)Nc1ccc2[nH]c(-c3cscn3)nc2c1)c1cccc(Cl)c1. The Kier molecular flexibility index (Phi) is 5.12. The van der Waals surface area contributed by atoms with Gasteiger partial charge in [0.15, 0.2) is 11.4 Å². The first kappa shape index (κ1) is 19.6. The third-order valence-corrected chi connectivity index (χ3v) is 5.68. The second-order valence-electron chi connectivity index (χ2n) is 7.08. The number of anilines is 1. The highest BCUT2D eigenvalue weighted by Gasteiger charge is 2.41. The molecule has 0 aliphatic rings. The van der Waals surface area contributed by atoms with Crippen LogP contribution in [0.15, 0.2) is 53.4 Å². The monoisotopic (exact) mass is 426 g/mol. The van der Waals surface area contributed by atoms with Gasteiger partial charge in [0.05, 0.1) is 16.5 Å². The van der Waals surface area contributed by atoms with Crippen molar-refractivity contribution in [1.82, 2.24) is 15.0 Å². The van der Waals surface area contributed by atoms with Gasteiger partial charge in [-0.2, -0.15) is 0 Å². The van der Waals surface area contributed by atoms with Gasteiger partial charge in [0.25, 0.3) is 5.91 Å². The van der Waals surface area contributed by atoms with Gasteiger partial charge < -0.3 is 15.4 Å². The fraction of sp³-hybridized carbons (Fsp3) is 0.190. The minimum Gasteiger partial charge on any atom is -0.375 e. The normalized spacial score (nSPS) is 13.6. The first-order chi connectivity index (χ1) is 13.9. The Labute approximate surface area is 176 Å². The van der Waals surface area contributed by atoms with Crippen molar-refractivity contribution in [2.75, 3.05) is 5.32 Å². The Balaban J connectivity index is 1.65. The summed E-state index contributed by atoms with van der Waals surface area (Å²) < 4.78 is 0. The second kappa shape index (κ2) is 7.59. The third-order valence-electron chi connectivity index (χ3n) is 4.86. The second-order valence-corrected chi connectivity index (χ2v) is 8.23. The number of carbonyl (C=O) groups excluding carboxylic acids is 1. The van der Waals surface area contributed by atoms with E-state index in [0.29, 0.717) is 27.6 Å². The van der Waals surface area contributed by atoms with E-state index < -0.39 is 11.5 Å². The Bertz CT molecular complexity index is 1170. The molecule has 0 spiro atoms. The van der Waals surface area contributed by atoms with Crippen LogP contribution >= 0.6 is 22.9 Å². The summed E-state index contributed by atoms with van der Waals surface area (Å²) in [5.74, 6) is -0.224. The fourth-order valence-electron chi connectivity index (χ4n) is 3.21. The average Bonchev–Trinajstić information content (AvgIpc) is 3.36. The van der Waals surface area contributed by atoms with Gasteiger partial charge >= 0.3 is 0 Å². The van der Waals surface area contributed by atoms with E-state index in [1.165, 1.54) is 11.3 Å². The quantitative estimate of drug-likeness (QED) is 0.426. The van der Waals surface area contributed by atoms with Gasteiger partial charge in [-0.3, -0.25) is 4.79 Å². The molecule has 2 aromatic carbocycles. The molecule has 1 amide bonds. The van der Waals surface area contributed by atoms with E-state index in [1.54, 1.807) is 55.8 Å². The number of rotatable bonds is 5. The number of benzene rings is 2. The molecule has 0 aliphatic carbocycles. The Hall–Kier alpha value is -2.74. The Morgan fingerprint density at radius 1 is 1.28 bits per heavy atom. The minimum atomic E-state index is -1.73. The lowest BCUT2D eigenvalue weighted by Gasteiger charge is -2.31. The maximum atomic E-state index is 13.1. The van der Waals surface area contributed by atoms with Crippen LogP contribution in [0.4, 0.5) is 5.69 Å². The molecule has 4 aromatic rings. The number of H-pyrrole nitrogens is 1. The number of aromatic nitrogens is 3. The number of aliphatic hydroxyl groups is 1. The molecule has 2 heterocycles. The molecule has 0 bridgehead atoms. The van der Waals surface area contributed by atoms with Gasteiger partial charge in [-0.25, -0.2) is 9.97 Å². The predicted octanol–water partition coefficient (Wildman–Crippen LogP) is 4.82. The van der Waals surface area contributed by atoms with Crippen molar-refractivity contribution in [3.63, 3.8) is 0 Å². The van der Waals surface area contributed by atoms with Crippen molar-refractivity contribution in [1.29, 1.82) is 0 Å². The molecule has 148 valence electrons. The number of imidazole rings is 1. The van der Waals surface area contributed by atoms with Crippen LogP contribution < -0.4 is 5.32 Å². The molecule has 29 heavy (non-hydrogen) atoms. The third kappa shape index (κ3) is 3.64. The molecular formula is C21H19ClN4O2S. The smallest absolute Gasteiger partial charge is 0.261 e. The number of carbonyl (C=O) groups is 1. The highest BCUT2D eigenvalue weighted by Crippen LogP contribution is 2.33. The van der Waals surface area contributed by atoms with Crippen LogP contribution in [-0.4, -0.2) is 26.0 Å². The predicted molar refractivity (Wildman–Crippen MR) is 116 cm³/mol. The number of nitrogens with one attached hydrogen (secondary N) is 2. The molecule has 1 atom stereocenters. The van der Waals surface area contributed by atoms with Gasteiger partial charge in [-0.1, -0.05) is 37.6 Å². The van der Waals surface area contributed by atoms with Crippen LogP contribution in [0.2, 0.25) is 5.02 Å². The van der Waals surface area contributed by atoms with E-state index in [9.17, 15) is 9.90 Å². The molecule has 8 heteroatoms. The van der Waals surface area contributed by atoms with Crippen molar-refractivity contribution in [2.45, 2.75) is 19.4 Å². The van der Waals surface area contributed by atoms with Crippen LogP contribution in [0.5, 0.6) is 0 Å². The first-order valence-corrected chi connectivity index (χ1v) is 10.4. The molecule has 0 fully saturated rings. The van der Waals surface area contributed by atoms with Crippen molar-refractivity contribution in [3.8, 4) is 11.5 Å². The van der Waals surface area contributed by atoms with Crippen LogP contribution in [0.3, 0.4) is 0 Å². The summed E-state index contributed by atoms with van der Waals surface area (Å²) in [6, 6.07) is 12.1. The number of nitrogens with zero attached hydrogens (tertiary/aromatic N) is 2.